The summed E-state index contributed by atoms with van der Waals surface area (Å²) in [6, 6.07) is 27.4. The molecule has 0 amide bonds. The molecule has 5 heterocycles. The number of aromatic nitrogens is 4. The predicted octanol–water partition coefficient (Wildman–Crippen LogP) is 8.27. The third-order valence-electron chi connectivity index (χ3n) is 7.81. The number of carbonyl (C=O) groups excluding carboxylic acids is 2. The SMILES string of the molecule is CC(=O)C(C(C)=O)c1c2ccc([n-]2)c(-c2ccccc2)c2nc(c(Br)c3nc(c(-c4ccccc4)c4ccc1[n-]4)C=C3)C=C2.[Ni+2]. The number of hydrogen-bond donors (Lipinski definition) is 0. The minimum absolute atomic E-state index is 0. The van der Waals surface area contributed by atoms with Crippen LogP contribution >= 0.6 is 15.9 Å². The molecule has 0 spiro atoms. The molecular formula is C37H25BrN4NiO2. The summed E-state index contributed by atoms with van der Waals surface area (Å²) in [5.41, 5.74) is 9.43. The number of ketones is 2. The summed E-state index contributed by atoms with van der Waals surface area (Å²) in [7, 11) is 0. The van der Waals surface area contributed by atoms with Crippen LogP contribution in [0.1, 0.15) is 48.1 Å². The fourth-order valence-corrected chi connectivity index (χ4v) is 6.31. The van der Waals surface area contributed by atoms with E-state index < -0.39 is 5.92 Å². The molecule has 8 heteroatoms. The summed E-state index contributed by atoms with van der Waals surface area (Å²) in [6.07, 6.45) is 7.87. The molecule has 0 saturated carbocycles. The van der Waals surface area contributed by atoms with Crippen LogP contribution in [0.15, 0.2) is 89.4 Å². The van der Waals surface area contributed by atoms with Gasteiger partial charge in [-0.05, 0) is 76.3 Å². The fourth-order valence-electron chi connectivity index (χ4n) is 5.86. The van der Waals surface area contributed by atoms with Gasteiger partial charge in [-0.15, -0.1) is 22.1 Å². The molecule has 0 N–H and O–H groups in total. The summed E-state index contributed by atoms with van der Waals surface area (Å²) < 4.78 is 0.774. The van der Waals surface area contributed by atoms with Gasteiger partial charge in [0, 0.05) is 0 Å². The first-order valence-corrected chi connectivity index (χ1v) is 15.0. The van der Waals surface area contributed by atoms with Crippen molar-refractivity contribution in [1.29, 1.82) is 0 Å². The average molecular weight is 696 g/mol. The monoisotopic (exact) mass is 694 g/mol. The molecule has 0 aliphatic carbocycles. The van der Waals surface area contributed by atoms with E-state index in [2.05, 4.69) is 15.9 Å². The predicted molar refractivity (Wildman–Crippen MR) is 179 cm³/mol. The number of carbonyl (C=O) groups is 2. The zero-order valence-electron chi connectivity index (χ0n) is 24.3. The maximum atomic E-state index is 13.0. The first kappa shape index (κ1) is 30.4. The molecule has 2 aliphatic rings. The van der Waals surface area contributed by atoms with Gasteiger partial charge in [0.1, 0.15) is 11.6 Å². The summed E-state index contributed by atoms with van der Waals surface area (Å²) in [6.45, 7) is 2.88. The molecule has 0 unspecified atom stereocenters. The summed E-state index contributed by atoms with van der Waals surface area (Å²) in [4.78, 5) is 46.1. The average Bonchev–Trinajstić information content (AvgIpc) is 3.85. The second kappa shape index (κ2) is 12.4. The molecule has 5 aromatic rings. The Kier molecular flexibility index (Phi) is 8.37. The van der Waals surface area contributed by atoms with E-state index in [1.807, 2.05) is 109 Å². The quantitative estimate of drug-likeness (QED) is 0.133. The molecule has 3 aromatic heterocycles. The van der Waals surface area contributed by atoms with Crippen molar-refractivity contribution in [2.45, 2.75) is 19.8 Å². The summed E-state index contributed by atoms with van der Waals surface area (Å²) in [5, 5.41) is 0. The molecule has 0 atom stereocenters. The fraction of sp³-hybridized carbons (Fsp3) is 0.0811. The molecule has 0 radical (unpaired) electrons. The van der Waals surface area contributed by atoms with E-state index >= 15 is 0 Å². The topological polar surface area (TPSA) is 88.1 Å². The second-order valence-electron chi connectivity index (χ2n) is 10.7. The third-order valence-corrected chi connectivity index (χ3v) is 8.63. The Bertz CT molecular complexity index is 2050. The molecule has 7 rings (SSSR count). The van der Waals surface area contributed by atoms with Crippen LogP contribution in [0.4, 0.5) is 0 Å². The number of halogens is 1. The second-order valence-corrected chi connectivity index (χ2v) is 11.5. The standard InChI is InChI=1S/C37H25BrN4O2.Ni/c1-21(43)33(22(2)44)36-29-15-13-25(39-29)34(23-9-5-3-6-10-23)27-17-19-31(41-27)37(38)32-20-18-28(42-32)35(24-11-7-4-8-12-24)26-14-16-30(36)40-26;/h3-20,33H,1-2H3;/q-2;+2. The van der Waals surface area contributed by atoms with E-state index in [-0.39, 0.29) is 28.1 Å². The van der Waals surface area contributed by atoms with Crippen LogP contribution in [-0.4, -0.2) is 21.5 Å². The van der Waals surface area contributed by atoms with E-state index in [9.17, 15) is 9.59 Å². The maximum absolute atomic E-state index is 13.0. The zero-order chi connectivity index (χ0) is 30.4. The molecule has 8 bridgehead atoms. The normalized spacial score (nSPS) is 11.9. The van der Waals surface area contributed by atoms with Crippen molar-refractivity contribution < 1.29 is 26.1 Å². The van der Waals surface area contributed by atoms with Gasteiger partial charge in [0.25, 0.3) is 0 Å². The van der Waals surface area contributed by atoms with Crippen molar-refractivity contribution in [3.05, 3.63) is 118 Å². The molecule has 0 fully saturated rings. The first-order valence-electron chi connectivity index (χ1n) is 14.2. The van der Waals surface area contributed by atoms with Crippen LogP contribution < -0.4 is 9.97 Å². The van der Waals surface area contributed by atoms with Gasteiger partial charge in [-0.25, -0.2) is 9.97 Å². The number of benzene rings is 2. The maximum Gasteiger partial charge on any atom is 2.00 e. The Labute approximate surface area is 278 Å². The number of rotatable bonds is 5. The van der Waals surface area contributed by atoms with Gasteiger partial charge in [-0.1, -0.05) is 90.5 Å². The smallest absolute Gasteiger partial charge is 0.657 e. The van der Waals surface area contributed by atoms with E-state index in [1.165, 1.54) is 13.8 Å². The first-order chi connectivity index (χ1) is 21.4. The minimum atomic E-state index is -1.02. The Morgan fingerprint density at radius 2 is 0.956 bits per heavy atom. The van der Waals surface area contributed by atoms with Crippen LogP contribution in [0, 0.1) is 0 Å². The molecule has 2 aromatic carbocycles. The zero-order valence-corrected chi connectivity index (χ0v) is 26.8. The van der Waals surface area contributed by atoms with E-state index in [1.54, 1.807) is 0 Å². The Hall–Kier alpha value is -4.65. The minimum Gasteiger partial charge on any atom is -0.657 e. The Morgan fingerprint density at radius 1 is 0.578 bits per heavy atom. The molecule has 222 valence electrons. The van der Waals surface area contributed by atoms with Gasteiger partial charge in [-0.3, -0.25) is 9.59 Å². The van der Waals surface area contributed by atoms with E-state index in [4.69, 9.17) is 19.9 Å². The number of nitrogens with zero attached hydrogens (tertiary/aromatic N) is 4. The summed E-state index contributed by atoms with van der Waals surface area (Å²) in [5.74, 6) is -1.54. The largest absolute Gasteiger partial charge is 2.00 e. The van der Waals surface area contributed by atoms with Crippen molar-refractivity contribution in [2.24, 2.45) is 0 Å². The van der Waals surface area contributed by atoms with E-state index in [0.29, 0.717) is 27.6 Å². The van der Waals surface area contributed by atoms with Crippen molar-refractivity contribution in [1.82, 2.24) is 19.9 Å². The third kappa shape index (κ3) is 5.56. The molecule has 2 aliphatic heterocycles. The van der Waals surface area contributed by atoms with Gasteiger partial charge in [0.15, 0.2) is 0 Å². The van der Waals surface area contributed by atoms with Crippen LogP contribution in [0.2, 0.25) is 0 Å². The van der Waals surface area contributed by atoms with Crippen molar-refractivity contribution in [3.63, 3.8) is 0 Å². The summed E-state index contributed by atoms with van der Waals surface area (Å²) >= 11 is 3.78. The Balaban J connectivity index is 0.00000357. The number of fused-ring (bicyclic) bond motifs is 8. The molecular weight excluding hydrogens is 671 g/mol. The van der Waals surface area contributed by atoms with Gasteiger partial charge in [0.05, 0.1) is 33.2 Å². The molecule has 6 nitrogen and oxygen atoms in total. The van der Waals surface area contributed by atoms with Crippen LogP contribution in [0.3, 0.4) is 0 Å². The number of Topliss-reactive ketones (excluding diaryl/α,β-unsaturated/α-hetero) is 2. The molecule has 45 heavy (non-hydrogen) atoms. The molecule has 0 saturated heterocycles. The van der Waals surface area contributed by atoms with Gasteiger partial charge in [0.2, 0.25) is 0 Å². The Morgan fingerprint density at radius 3 is 1.36 bits per heavy atom. The van der Waals surface area contributed by atoms with Crippen LogP contribution in [0.5, 0.6) is 0 Å². The van der Waals surface area contributed by atoms with Crippen molar-refractivity contribution in [3.8, 4) is 22.3 Å². The van der Waals surface area contributed by atoms with Crippen LogP contribution in [0.25, 0.3) is 68.6 Å². The number of hydrogen-bond acceptors (Lipinski definition) is 4. The van der Waals surface area contributed by atoms with Crippen LogP contribution in [-0.2, 0) is 26.1 Å². The van der Waals surface area contributed by atoms with E-state index in [0.717, 1.165) is 49.5 Å². The van der Waals surface area contributed by atoms with Gasteiger partial charge < -0.3 is 9.97 Å². The van der Waals surface area contributed by atoms with Crippen molar-refractivity contribution in [2.75, 3.05) is 0 Å². The van der Waals surface area contributed by atoms with Crippen molar-refractivity contribution >= 4 is 73.9 Å². The van der Waals surface area contributed by atoms with Gasteiger partial charge in [-0.2, -0.15) is 0 Å². The van der Waals surface area contributed by atoms with Gasteiger partial charge >= 0.3 is 16.5 Å².